The summed E-state index contributed by atoms with van der Waals surface area (Å²) in [6.45, 7) is 9.75. The average Bonchev–Trinajstić information content (AvgIpc) is 2.11. The maximum Gasteiger partial charge on any atom is -0.0272 e. The Morgan fingerprint density at radius 1 is 0.923 bits per heavy atom. The normalized spacial score (nSPS) is 40.6. The van der Waals surface area contributed by atoms with Gasteiger partial charge in [-0.15, -0.1) is 0 Å². The van der Waals surface area contributed by atoms with E-state index in [9.17, 15) is 0 Å². The second kappa shape index (κ2) is 4.02. The molecule has 1 fully saturated rings. The molecule has 0 aromatic rings. The van der Waals surface area contributed by atoms with Crippen molar-refractivity contribution in [1.29, 1.82) is 0 Å². The number of hydrogen-bond acceptors (Lipinski definition) is 0. The molecule has 1 aliphatic rings. The van der Waals surface area contributed by atoms with Crippen LogP contribution in [0.2, 0.25) is 0 Å². The van der Waals surface area contributed by atoms with E-state index in [0.717, 1.165) is 0 Å². The molecule has 0 radical (unpaired) electrons. The highest BCUT2D eigenvalue weighted by Gasteiger charge is 2.43. The second-order valence-corrected chi connectivity index (χ2v) is 5.43. The van der Waals surface area contributed by atoms with E-state index in [4.69, 9.17) is 0 Å². The monoisotopic (exact) mass is 182 g/mol. The SMILES string of the molecule is CCCC1(C)CCCCC1(C)CC. The molecule has 2 unspecified atom stereocenters. The molecular weight excluding hydrogens is 156 g/mol. The minimum Gasteiger partial charge on any atom is -0.0654 e. The van der Waals surface area contributed by atoms with Crippen molar-refractivity contribution < 1.29 is 0 Å². The summed E-state index contributed by atoms with van der Waals surface area (Å²) in [7, 11) is 0. The van der Waals surface area contributed by atoms with E-state index in [2.05, 4.69) is 27.7 Å². The van der Waals surface area contributed by atoms with Crippen LogP contribution in [0.3, 0.4) is 0 Å². The summed E-state index contributed by atoms with van der Waals surface area (Å²) in [4.78, 5) is 0. The smallest absolute Gasteiger partial charge is 0.0272 e. The van der Waals surface area contributed by atoms with E-state index in [1.54, 1.807) is 0 Å². The Kier molecular flexibility index (Phi) is 3.43. The molecule has 13 heavy (non-hydrogen) atoms. The lowest BCUT2D eigenvalue weighted by Crippen LogP contribution is -2.39. The molecule has 0 spiro atoms. The van der Waals surface area contributed by atoms with Crippen LogP contribution < -0.4 is 0 Å². The van der Waals surface area contributed by atoms with Crippen molar-refractivity contribution in [3.63, 3.8) is 0 Å². The van der Waals surface area contributed by atoms with Crippen molar-refractivity contribution in [3.05, 3.63) is 0 Å². The third-order valence-corrected chi connectivity index (χ3v) is 4.75. The van der Waals surface area contributed by atoms with Crippen molar-refractivity contribution in [2.75, 3.05) is 0 Å². The lowest BCUT2D eigenvalue weighted by atomic mass is 9.55. The van der Waals surface area contributed by atoms with Gasteiger partial charge in [0.1, 0.15) is 0 Å². The first kappa shape index (κ1) is 11.1. The third kappa shape index (κ3) is 1.92. The third-order valence-electron chi connectivity index (χ3n) is 4.75. The molecule has 0 N–H and O–H groups in total. The molecule has 2 atom stereocenters. The van der Waals surface area contributed by atoms with E-state index < -0.39 is 0 Å². The highest BCUT2D eigenvalue weighted by Crippen LogP contribution is 2.54. The predicted octanol–water partition coefficient (Wildman–Crippen LogP) is 4.78. The van der Waals surface area contributed by atoms with E-state index in [-0.39, 0.29) is 0 Å². The van der Waals surface area contributed by atoms with Crippen LogP contribution in [0.15, 0.2) is 0 Å². The molecule has 0 heteroatoms. The summed E-state index contributed by atoms with van der Waals surface area (Å²) < 4.78 is 0. The summed E-state index contributed by atoms with van der Waals surface area (Å²) >= 11 is 0. The highest BCUT2D eigenvalue weighted by molar-refractivity contribution is 4.94. The van der Waals surface area contributed by atoms with Gasteiger partial charge in [0.25, 0.3) is 0 Å². The van der Waals surface area contributed by atoms with Crippen molar-refractivity contribution in [1.82, 2.24) is 0 Å². The van der Waals surface area contributed by atoms with Crippen LogP contribution in [-0.4, -0.2) is 0 Å². The largest absolute Gasteiger partial charge is 0.0654 e. The van der Waals surface area contributed by atoms with Crippen LogP contribution in [0, 0.1) is 10.8 Å². The van der Waals surface area contributed by atoms with Gasteiger partial charge in [0.05, 0.1) is 0 Å². The molecule has 0 saturated heterocycles. The molecular formula is C13H26. The van der Waals surface area contributed by atoms with Gasteiger partial charge in [-0.1, -0.05) is 53.4 Å². The fourth-order valence-corrected chi connectivity index (χ4v) is 3.22. The Morgan fingerprint density at radius 2 is 1.46 bits per heavy atom. The molecule has 0 aromatic carbocycles. The van der Waals surface area contributed by atoms with Gasteiger partial charge < -0.3 is 0 Å². The Hall–Kier alpha value is 0. The Labute approximate surface area is 84.1 Å². The fourth-order valence-electron chi connectivity index (χ4n) is 3.22. The first-order valence-electron chi connectivity index (χ1n) is 6.08. The quantitative estimate of drug-likeness (QED) is 0.589. The fraction of sp³-hybridized carbons (Fsp3) is 1.00. The van der Waals surface area contributed by atoms with Crippen LogP contribution in [0.4, 0.5) is 0 Å². The molecule has 0 bridgehead atoms. The topological polar surface area (TPSA) is 0 Å². The second-order valence-electron chi connectivity index (χ2n) is 5.43. The molecule has 78 valence electrons. The number of rotatable bonds is 3. The molecule has 0 aliphatic heterocycles. The minimum atomic E-state index is 0.626. The summed E-state index contributed by atoms with van der Waals surface area (Å²) in [6.07, 6.45) is 9.99. The molecule has 0 heterocycles. The molecule has 0 amide bonds. The summed E-state index contributed by atoms with van der Waals surface area (Å²) in [6, 6.07) is 0. The van der Waals surface area contributed by atoms with E-state index in [1.807, 2.05) is 0 Å². The van der Waals surface area contributed by atoms with Gasteiger partial charge in [-0.3, -0.25) is 0 Å². The first-order valence-corrected chi connectivity index (χ1v) is 6.08. The van der Waals surface area contributed by atoms with Crippen LogP contribution in [0.25, 0.3) is 0 Å². The van der Waals surface area contributed by atoms with E-state index in [1.165, 1.54) is 44.9 Å². The lowest BCUT2D eigenvalue weighted by Gasteiger charge is -2.50. The zero-order chi connectivity index (χ0) is 9.95. The van der Waals surface area contributed by atoms with Crippen LogP contribution in [-0.2, 0) is 0 Å². The summed E-state index contributed by atoms with van der Waals surface area (Å²) in [5, 5.41) is 0. The summed E-state index contributed by atoms with van der Waals surface area (Å²) in [5.41, 5.74) is 1.26. The minimum absolute atomic E-state index is 0.626. The van der Waals surface area contributed by atoms with Crippen LogP contribution in [0.5, 0.6) is 0 Å². The zero-order valence-corrected chi connectivity index (χ0v) is 9.95. The van der Waals surface area contributed by atoms with Gasteiger partial charge in [-0.25, -0.2) is 0 Å². The zero-order valence-electron chi connectivity index (χ0n) is 9.95. The Bertz CT molecular complexity index is 157. The van der Waals surface area contributed by atoms with E-state index in [0.29, 0.717) is 10.8 Å². The molecule has 0 aromatic heterocycles. The average molecular weight is 182 g/mol. The van der Waals surface area contributed by atoms with Crippen molar-refractivity contribution in [3.8, 4) is 0 Å². The van der Waals surface area contributed by atoms with Crippen molar-refractivity contribution in [2.45, 2.75) is 72.6 Å². The first-order chi connectivity index (χ1) is 6.08. The van der Waals surface area contributed by atoms with Crippen LogP contribution >= 0.6 is 0 Å². The predicted molar refractivity (Wildman–Crippen MR) is 59.9 cm³/mol. The Morgan fingerprint density at radius 3 is 1.92 bits per heavy atom. The maximum absolute atomic E-state index is 2.53. The van der Waals surface area contributed by atoms with Gasteiger partial charge in [-0.05, 0) is 30.1 Å². The molecule has 1 aliphatic carbocycles. The van der Waals surface area contributed by atoms with Gasteiger partial charge in [-0.2, -0.15) is 0 Å². The highest BCUT2D eigenvalue weighted by atomic mass is 14.5. The standard InChI is InChI=1S/C13H26/c1-5-9-13(4)11-8-7-10-12(13,3)6-2/h5-11H2,1-4H3. The lowest BCUT2D eigenvalue weighted by molar-refractivity contribution is 0.00412. The maximum atomic E-state index is 2.53. The van der Waals surface area contributed by atoms with Gasteiger partial charge in [0.15, 0.2) is 0 Å². The van der Waals surface area contributed by atoms with Gasteiger partial charge in [0.2, 0.25) is 0 Å². The van der Waals surface area contributed by atoms with E-state index >= 15 is 0 Å². The van der Waals surface area contributed by atoms with Gasteiger partial charge >= 0.3 is 0 Å². The Balaban J connectivity index is 2.76. The van der Waals surface area contributed by atoms with Gasteiger partial charge in [0, 0.05) is 0 Å². The van der Waals surface area contributed by atoms with Crippen molar-refractivity contribution >= 4 is 0 Å². The van der Waals surface area contributed by atoms with Crippen molar-refractivity contribution in [2.24, 2.45) is 10.8 Å². The molecule has 0 nitrogen and oxygen atoms in total. The number of hydrogen-bond donors (Lipinski definition) is 0. The van der Waals surface area contributed by atoms with Crippen LogP contribution in [0.1, 0.15) is 72.6 Å². The molecule has 1 rings (SSSR count). The molecule has 1 saturated carbocycles. The summed E-state index contributed by atoms with van der Waals surface area (Å²) in [5.74, 6) is 0.